The Hall–Kier alpha value is -0.0800. The van der Waals surface area contributed by atoms with E-state index in [4.69, 9.17) is 0 Å². The summed E-state index contributed by atoms with van der Waals surface area (Å²) in [5, 5.41) is 3.68. The van der Waals surface area contributed by atoms with Crippen LogP contribution in [0.15, 0.2) is 0 Å². The molecule has 2 rings (SSSR count). The summed E-state index contributed by atoms with van der Waals surface area (Å²) in [7, 11) is 0. The number of nitrogens with one attached hydrogen (secondary N) is 1. The Morgan fingerprint density at radius 1 is 1.06 bits per heavy atom. The van der Waals surface area contributed by atoms with Crippen molar-refractivity contribution in [3.05, 3.63) is 0 Å². The molecule has 2 nitrogen and oxygen atoms in total. The molecule has 0 spiro atoms. The molecule has 0 aromatic carbocycles. The molecule has 0 aromatic heterocycles. The largest absolute Gasteiger partial charge is 0.310 e. The molecular formula is C14H28N2. The van der Waals surface area contributed by atoms with Crippen molar-refractivity contribution in [3.8, 4) is 0 Å². The highest BCUT2D eigenvalue weighted by Crippen LogP contribution is 2.29. The maximum absolute atomic E-state index is 3.68. The molecule has 1 N–H and O–H groups in total. The first-order valence-electron chi connectivity index (χ1n) is 7.15. The summed E-state index contributed by atoms with van der Waals surface area (Å²) in [6, 6.07) is 2.28. The minimum atomic E-state index is 0.635. The number of hydrogen-bond acceptors (Lipinski definition) is 2. The molecular weight excluding hydrogens is 196 g/mol. The Morgan fingerprint density at radius 2 is 1.75 bits per heavy atom. The molecule has 1 atom stereocenters. The van der Waals surface area contributed by atoms with Crippen molar-refractivity contribution in [2.24, 2.45) is 5.92 Å². The van der Waals surface area contributed by atoms with Crippen molar-refractivity contribution in [1.29, 1.82) is 0 Å². The van der Waals surface area contributed by atoms with Gasteiger partial charge in [-0.3, -0.25) is 4.90 Å². The second-order valence-corrected chi connectivity index (χ2v) is 6.22. The van der Waals surface area contributed by atoms with Crippen LogP contribution >= 0.6 is 0 Å². The van der Waals surface area contributed by atoms with E-state index in [-0.39, 0.29) is 0 Å². The normalized spacial score (nSPS) is 37.1. The summed E-state index contributed by atoms with van der Waals surface area (Å²) in [5.74, 6) is 0.975. The summed E-state index contributed by atoms with van der Waals surface area (Å²) < 4.78 is 0. The number of nitrogens with zero attached hydrogens (tertiary/aromatic N) is 1. The highest BCUT2D eigenvalue weighted by Gasteiger charge is 2.30. The smallest absolute Gasteiger partial charge is 0.0209 e. The van der Waals surface area contributed by atoms with E-state index in [9.17, 15) is 0 Å². The number of rotatable bonds is 3. The fourth-order valence-electron chi connectivity index (χ4n) is 3.33. The first-order valence-corrected chi connectivity index (χ1v) is 7.15. The lowest BCUT2D eigenvalue weighted by molar-refractivity contribution is 0.166. The van der Waals surface area contributed by atoms with Gasteiger partial charge < -0.3 is 5.32 Å². The highest BCUT2D eigenvalue weighted by molar-refractivity contribution is 4.88. The van der Waals surface area contributed by atoms with E-state index < -0.39 is 0 Å². The second kappa shape index (κ2) is 5.50. The molecule has 1 heterocycles. The minimum Gasteiger partial charge on any atom is -0.310 e. The van der Waals surface area contributed by atoms with Crippen LogP contribution in [0.2, 0.25) is 0 Å². The van der Waals surface area contributed by atoms with Gasteiger partial charge >= 0.3 is 0 Å². The summed E-state index contributed by atoms with van der Waals surface area (Å²) >= 11 is 0. The molecule has 1 aliphatic heterocycles. The Bertz CT molecular complexity index is 207. The molecule has 0 amide bonds. The third-order valence-corrected chi connectivity index (χ3v) is 4.29. The lowest BCUT2D eigenvalue weighted by Gasteiger charge is -2.33. The zero-order chi connectivity index (χ0) is 11.5. The van der Waals surface area contributed by atoms with Crippen molar-refractivity contribution < 1.29 is 0 Å². The van der Waals surface area contributed by atoms with E-state index in [1.807, 2.05) is 0 Å². The topological polar surface area (TPSA) is 15.3 Å². The van der Waals surface area contributed by atoms with Crippen LogP contribution in [0.25, 0.3) is 0 Å². The standard InChI is InChI=1S/C14H28N2/c1-11(2)15-13-8-9-16(10-13)14-6-4-12(3)5-7-14/h11-15H,4-10H2,1-3H3. The van der Waals surface area contributed by atoms with Gasteiger partial charge in [-0.15, -0.1) is 0 Å². The zero-order valence-corrected chi connectivity index (χ0v) is 11.2. The summed E-state index contributed by atoms with van der Waals surface area (Å²) in [6.45, 7) is 9.53. The van der Waals surface area contributed by atoms with Crippen molar-refractivity contribution in [2.45, 2.75) is 71.0 Å². The average Bonchev–Trinajstić information content (AvgIpc) is 2.66. The molecule has 0 radical (unpaired) electrons. The molecule has 1 saturated carbocycles. The van der Waals surface area contributed by atoms with Crippen LogP contribution in [-0.4, -0.2) is 36.1 Å². The molecule has 1 aliphatic carbocycles. The van der Waals surface area contributed by atoms with Crippen LogP contribution in [0.1, 0.15) is 52.9 Å². The fraction of sp³-hybridized carbons (Fsp3) is 1.00. The van der Waals surface area contributed by atoms with Crippen molar-refractivity contribution in [1.82, 2.24) is 10.2 Å². The third kappa shape index (κ3) is 3.21. The van der Waals surface area contributed by atoms with Crippen molar-refractivity contribution in [2.75, 3.05) is 13.1 Å². The predicted molar refractivity (Wildman–Crippen MR) is 69.7 cm³/mol. The van der Waals surface area contributed by atoms with E-state index in [1.54, 1.807) is 0 Å². The van der Waals surface area contributed by atoms with Crippen LogP contribution in [0.4, 0.5) is 0 Å². The molecule has 2 heteroatoms. The monoisotopic (exact) mass is 224 g/mol. The Kier molecular flexibility index (Phi) is 4.26. The Balaban J connectivity index is 1.75. The predicted octanol–water partition coefficient (Wildman–Crippen LogP) is 2.64. The van der Waals surface area contributed by atoms with Gasteiger partial charge in [0.1, 0.15) is 0 Å². The van der Waals surface area contributed by atoms with Crippen LogP contribution < -0.4 is 5.32 Å². The van der Waals surface area contributed by atoms with Gasteiger partial charge in [-0.2, -0.15) is 0 Å². The molecule has 1 unspecified atom stereocenters. The van der Waals surface area contributed by atoms with Gasteiger partial charge in [-0.05, 0) is 38.0 Å². The van der Waals surface area contributed by atoms with Gasteiger partial charge in [0.05, 0.1) is 0 Å². The molecule has 2 fully saturated rings. The van der Waals surface area contributed by atoms with Gasteiger partial charge in [0.25, 0.3) is 0 Å². The first kappa shape index (κ1) is 12.4. The second-order valence-electron chi connectivity index (χ2n) is 6.22. The van der Waals surface area contributed by atoms with E-state index >= 15 is 0 Å². The fourth-order valence-corrected chi connectivity index (χ4v) is 3.33. The van der Waals surface area contributed by atoms with E-state index in [0.29, 0.717) is 6.04 Å². The molecule has 0 aromatic rings. The van der Waals surface area contributed by atoms with Gasteiger partial charge in [-0.1, -0.05) is 20.8 Å². The minimum absolute atomic E-state index is 0.635. The van der Waals surface area contributed by atoms with Gasteiger partial charge in [0.2, 0.25) is 0 Å². The molecule has 94 valence electrons. The zero-order valence-electron chi connectivity index (χ0n) is 11.2. The third-order valence-electron chi connectivity index (χ3n) is 4.29. The van der Waals surface area contributed by atoms with Gasteiger partial charge in [0.15, 0.2) is 0 Å². The first-order chi connectivity index (χ1) is 7.65. The summed E-state index contributed by atoms with van der Waals surface area (Å²) in [5.41, 5.74) is 0. The van der Waals surface area contributed by atoms with Crippen molar-refractivity contribution >= 4 is 0 Å². The molecule has 1 saturated heterocycles. The lowest BCUT2D eigenvalue weighted by atomic mass is 9.87. The maximum Gasteiger partial charge on any atom is 0.0209 e. The molecule has 0 bridgehead atoms. The molecule has 2 aliphatic rings. The highest BCUT2D eigenvalue weighted by atomic mass is 15.2. The van der Waals surface area contributed by atoms with Crippen LogP contribution in [0.3, 0.4) is 0 Å². The van der Waals surface area contributed by atoms with Crippen LogP contribution in [-0.2, 0) is 0 Å². The van der Waals surface area contributed by atoms with Gasteiger partial charge in [0, 0.05) is 31.2 Å². The van der Waals surface area contributed by atoms with E-state index in [2.05, 4.69) is 31.0 Å². The Morgan fingerprint density at radius 3 is 2.38 bits per heavy atom. The summed E-state index contributed by atoms with van der Waals surface area (Å²) in [6.07, 6.45) is 7.13. The Labute approximate surface area is 101 Å². The summed E-state index contributed by atoms with van der Waals surface area (Å²) in [4.78, 5) is 2.74. The van der Waals surface area contributed by atoms with E-state index in [0.717, 1.165) is 18.0 Å². The number of hydrogen-bond donors (Lipinski definition) is 1. The van der Waals surface area contributed by atoms with Crippen molar-refractivity contribution in [3.63, 3.8) is 0 Å². The SMILES string of the molecule is CC1CCC(N2CCC(NC(C)C)C2)CC1. The van der Waals surface area contributed by atoms with E-state index in [1.165, 1.54) is 45.2 Å². The lowest BCUT2D eigenvalue weighted by Crippen LogP contribution is -2.41. The average molecular weight is 224 g/mol. The maximum atomic E-state index is 3.68. The van der Waals surface area contributed by atoms with Crippen LogP contribution in [0, 0.1) is 5.92 Å². The quantitative estimate of drug-likeness (QED) is 0.793. The number of likely N-dealkylation sites (tertiary alicyclic amines) is 1. The van der Waals surface area contributed by atoms with Gasteiger partial charge in [-0.25, -0.2) is 0 Å². The van der Waals surface area contributed by atoms with Crippen LogP contribution in [0.5, 0.6) is 0 Å². The molecule has 16 heavy (non-hydrogen) atoms.